The van der Waals surface area contributed by atoms with Gasteiger partial charge in [0.2, 0.25) is 0 Å². The molecule has 3 aromatic carbocycles. The van der Waals surface area contributed by atoms with Crippen LogP contribution in [0.25, 0.3) is 10.9 Å². The maximum atomic E-state index is 13.9. The smallest absolute Gasteiger partial charge is 0.321 e. The summed E-state index contributed by atoms with van der Waals surface area (Å²) in [6.07, 6.45) is 3.08. The van der Waals surface area contributed by atoms with E-state index < -0.39 is 11.3 Å². The molecule has 1 heterocycles. The summed E-state index contributed by atoms with van der Waals surface area (Å²) in [5, 5.41) is 0.965. The summed E-state index contributed by atoms with van der Waals surface area (Å²) in [5.74, 6) is -0.825. The van der Waals surface area contributed by atoms with Crippen molar-refractivity contribution < 1.29 is 14.3 Å². The highest BCUT2D eigenvalue weighted by molar-refractivity contribution is 5.97. The number of methoxy groups -OCH3 is 1. The van der Waals surface area contributed by atoms with Crippen LogP contribution in [-0.4, -0.2) is 23.9 Å². The van der Waals surface area contributed by atoms with E-state index in [0.29, 0.717) is 0 Å². The van der Waals surface area contributed by atoms with Gasteiger partial charge in [0.05, 0.1) is 7.11 Å². The fourth-order valence-corrected chi connectivity index (χ4v) is 4.89. The van der Waals surface area contributed by atoms with Crippen LogP contribution in [0, 0.1) is 6.92 Å². The van der Waals surface area contributed by atoms with Crippen LogP contribution in [0.15, 0.2) is 85.1 Å². The normalized spacial score (nSPS) is 14.0. The maximum absolute atomic E-state index is 13.9. The average molecular weight is 426 g/mol. The Labute approximate surface area is 188 Å². The Kier molecular flexibility index (Phi) is 5.95. The van der Waals surface area contributed by atoms with E-state index in [9.17, 15) is 9.59 Å². The Morgan fingerprint density at radius 3 is 2.31 bits per heavy atom. The van der Waals surface area contributed by atoms with Gasteiger partial charge in [0.1, 0.15) is 11.7 Å². The Morgan fingerprint density at radius 2 is 1.66 bits per heavy atom. The highest BCUT2D eigenvalue weighted by Gasteiger charge is 2.51. The lowest BCUT2D eigenvalue weighted by Crippen LogP contribution is -2.44. The molecule has 0 unspecified atom stereocenters. The van der Waals surface area contributed by atoms with Gasteiger partial charge in [0, 0.05) is 36.5 Å². The van der Waals surface area contributed by atoms with Crippen LogP contribution in [0.3, 0.4) is 0 Å². The van der Waals surface area contributed by atoms with Crippen LogP contribution in [0.1, 0.15) is 34.6 Å². The second-order valence-electron chi connectivity index (χ2n) is 8.20. The van der Waals surface area contributed by atoms with Gasteiger partial charge in [-0.1, -0.05) is 78.4 Å². The summed E-state index contributed by atoms with van der Waals surface area (Å²) >= 11 is 0. The molecule has 0 saturated carbocycles. The molecule has 2 atom stereocenters. The number of rotatable bonds is 7. The number of fused-ring (bicyclic) bond motifs is 1. The molecule has 0 spiro atoms. The Bertz CT molecular complexity index is 1240. The Hall–Kier alpha value is -3.66. The predicted octanol–water partition coefficient (Wildman–Crippen LogP) is 5.32. The first-order chi connectivity index (χ1) is 15.5. The molecule has 1 aromatic heterocycles. The lowest BCUT2D eigenvalue weighted by Gasteiger charge is -2.38. The van der Waals surface area contributed by atoms with Gasteiger partial charge in [-0.25, -0.2) is 0 Å². The van der Waals surface area contributed by atoms with E-state index >= 15 is 0 Å². The van der Waals surface area contributed by atoms with E-state index in [0.717, 1.165) is 39.4 Å². The highest BCUT2D eigenvalue weighted by Crippen LogP contribution is 2.49. The molecule has 0 aliphatic heterocycles. The van der Waals surface area contributed by atoms with Crippen molar-refractivity contribution in [1.82, 2.24) is 4.57 Å². The zero-order chi connectivity index (χ0) is 22.7. The van der Waals surface area contributed by atoms with Gasteiger partial charge < -0.3 is 14.1 Å². The largest absolute Gasteiger partial charge is 0.468 e. The van der Waals surface area contributed by atoms with Crippen molar-refractivity contribution in [3.8, 4) is 0 Å². The third-order valence-electron chi connectivity index (χ3n) is 6.39. The first-order valence-corrected chi connectivity index (χ1v) is 10.7. The number of hydrogen-bond donors (Lipinski definition) is 0. The molecule has 0 N–H and O–H groups in total. The molecule has 0 amide bonds. The number of nitrogens with zero attached hydrogens (tertiary/aromatic N) is 1. The number of para-hydroxylation sites is 1. The molecule has 0 saturated heterocycles. The summed E-state index contributed by atoms with van der Waals surface area (Å²) < 4.78 is 7.52. The van der Waals surface area contributed by atoms with Crippen molar-refractivity contribution in [3.05, 3.63) is 107 Å². The summed E-state index contributed by atoms with van der Waals surface area (Å²) in [7, 11) is 3.39. The van der Waals surface area contributed by atoms with Crippen LogP contribution in [0.2, 0.25) is 0 Å². The third kappa shape index (κ3) is 3.42. The number of ether oxygens (including phenoxy) is 1. The average Bonchev–Trinajstić information content (AvgIpc) is 3.17. The molecule has 32 heavy (non-hydrogen) atoms. The molecule has 0 aliphatic rings. The van der Waals surface area contributed by atoms with Gasteiger partial charge in [0.15, 0.2) is 0 Å². The SMILES string of the molecule is COC(=O)[C@](c1ccccc1)(c1cn(C)c2ccccc12)[C@@H](CC=O)c1ccc(C)cc1. The van der Waals surface area contributed by atoms with Gasteiger partial charge in [0.25, 0.3) is 0 Å². The molecule has 0 aliphatic carbocycles. The fraction of sp³-hybridized carbons (Fsp3) is 0.214. The maximum Gasteiger partial charge on any atom is 0.321 e. The number of benzene rings is 3. The quantitative estimate of drug-likeness (QED) is 0.297. The van der Waals surface area contributed by atoms with Crippen molar-refractivity contribution in [2.45, 2.75) is 24.7 Å². The van der Waals surface area contributed by atoms with Gasteiger partial charge in [-0.3, -0.25) is 4.79 Å². The number of carbonyl (C=O) groups excluding carboxylic acids is 2. The highest BCUT2D eigenvalue weighted by atomic mass is 16.5. The lowest BCUT2D eigenvalue weighted by molar-refractivity contribution is -0.146. The molecule has 4 aromatic rings. The molecular weight excluding hydrogens is 398 g/mol. The van der Waals surface area contributed by atoms with E-state index in [1.165, 1.54) is 7.11 Å². The molecule has 0 radical (unpaired) electrons. The summed E-state index contributed by atoms with van der Waals surface area (Å²) in [6, 6.07) is 25.7. The number of aryl methyl sites for hydroxylation is 2. The zero-order valence-electron chi connectivity index (χ0n) is 18.6. The minimum absolute atomic E-state index is 0.177. The van der Waals surface area contributed by atoms with E-state index in [1.807, 2.05) is 104 Å². The van der Waals surface area contributed by atoms with Gasteiger partial charge >= 0.3 is 5.97 Å². The van der Waals surface area contributed by atoms with Crippen molar-refractivity contribution in [2.75, 3.05) is 7.11 Å². The Balaban J connectivity index is 2.15. The van der Waals surface area contributed by atoms with Crippen LogP contribution in [-0.2, 0) is 26.8 Å². The number of esters is 1. The number of carbonyl (C=O) groups is 2. The fourth-order valence-electron chi connectivity index (χ4n) is 4.89. The third-order valence-corrected chi connectivity index (χ3v) is 6.39. The van der Waals surface area contributed by atoms with Crippen molar-refractivity contribution in [1.29, 1.82) is 0 Å². The second-order valence-corrected chi connectivity index (χ2v) is 8.20. The van der Waals surface area contributed by atoms with E-state index in [4.69, 9.17) is 4.74 Å². The number of aromatic nitrogens is 1. The van der Waals surface area contributed by atoms with E-state index in [1.54, 1.807) is 0 Å². The first kappa shape index (κ1) is 21.6. The monoisotopic (exact) mass is 425 g/mol. The van der Waals surface area contributed by atoms with Crippen LogP contribution in [0.4, 0.5) is 0 Å². The molecular formula is C28H27NO3. The standard InChI is InChI=1S/C28H27NO3/c1-20-13-15-21(16-14-20)24(17-18-30)28(27(31)32-3,22-9-5-4-6-10-22)25-19-29(2)26-12-8-7-11-23(25)26/h4-16,18-19,24H,17H2,1-3H3/t24-,28-/m0/s1. The number of hydrogen-bond acceptors (Lipinski definition) is 3. The van der Waals surface area contributed by atoms with Crippen molar-refractivity contribution >= 4 is 23.2 Å². The minimum Gasteiger partial charge on any atom is -0.468 e. The molecule has 0 fully saturated rings. The van der Waals surface area contributed by atoms with Crippen LogP contribution in [0.5, 0.6) is 0 Å². The first-order valence-electron chi connectivity index (χ1n) is 10.7. The Morgan fingerprint density at radius 1 is 1.00 bits per heavy atom. The van der Waals surface area contributed by atoms with E-state index in [2.05, 4.69) is 0 Å². The molecule has 4 nitrogen and oxygen atoms in total. The lowest BCUT2D eigenvalue weighted by atomic mass is 9.62. The topological polar surface area (TPSA) is 48.3 Å². The van der Waals surface area contributed by atoms with Crippen molar-refractivity contribution in [2.24, 2.45) is 7.05 Å². The van der Waals surface area contributed by atoms with Gasteiger partial charge in [-0.05, 0) is 29.7 Å². The zero-order valence-corrected chi connectivity index (χ0v) is 18.6. The summed E-state index contributed by atoms with van der Waals surface area (Å²) in [4.78, 5) is 25.9. The van der Waals surface area contributed by atoms with Crippen LogP contribution >= 0.6 is 0 Å². The molecule has 4 rings (SSSR count). The van der Waals surface area contributed by atoms with E-state index in [-0.39, 0.29) is 12.4 Å². The second kappa shape index (κ2) is 8.83. The summed E-state index contributed by atoms with van der Waals surface area (Å²) in [6.45, 7) is 2.02. The molecule has 4 heteroatoms. The minimum atomic E-state index is -1.20. The number of aldehydes is 1. The molecule has 0 bridgehead atoms. The van der Waals surface area contributed by atoms with Crippen molar-refractivity contribution in [3.63, 3.8) is 0 Å². The summed E-state index contributed by atoms with van der Waals surface area (Å²) in [5.41, 5.74) is 3.49. The van der Waals surface area contributed by atoms with Crippen LogP contribution < -0.4 is 0 Å². The van der Waals surface area contributed by atoms with Gasteiger partial charge in [-0.15, -0.1) is 0 Å². The predicted molar refractivity (Wildman–Crippen MR) is 127 cm³/mol. The van der Waals surface area contributed by atoms with Gasteiger partial charge in [-0.2, -0.15) is 0 Å². The molecule has 162 valence electrons.